The summed E-state index contributed by atoms with van der Waals surface area (Å²) in [5, 5.41) is 6.06. The van der Waals surface area contributed by atoms with Gasteiger partial charge >= 0.3 is 6.03 Å². The number of aromatic nitrogens is 2. The molecule has 1 aromatic rings. The van der Waals surface area contributed by atoms with Crippen LogP contribution in [-0.4, -0.2) is 59.8 Å². The molecular formula is C15H23N5O2. The highest BCUT2D eigenvalue weighted by Crippen LogP contribution is 2.28. The van der Waals surface area contributed by atoms with Crippen LogP contribution < -0.4 is 10.6 Å². The van der Waals surface area contributed by atoms with Crippen molar-refractivity contribution in [3.05, 3.63) is 18.5 Å². The Morgan fingerprint density at radius 3 is 2.77 bits per heavy atom. The van der Waals surface area contributed by atoms with Crippen molar-refractivity contribution >= 4 is 12.0 Å². The maximum absolute atomic E-state index is 12.3. The first kappa shape index (κ1) is 15.0. The number of nitrogens with one attached hydrogen (secondary N) is 2. The minimum Gasteiger partial charge on any atom is -0.381 e. The van der Waals surface area contributed by atoms with Gasteiger partial charge in [0.05, 0.1) is 6.61 Å². The molecule has 3 rings (SSSR count). The van der Waals surface area contributed by atoms with Crippen LogP contribution in [0.4, 0.5) is 10.7 Å². The third-order valence-electron chi connectivity index (χ3n) is 3.98. The molecular weight excluding hydrogens is 282 g/mol. The molecule has 1 unspecified atom stereocenters. The zero-order valence-corrected chi connectivity index (χ0v) is 12.7. The SMILES string of the molecule is O=C(NCCNc1ncccn1)N(CC1CCOC1)C1CC1. The van der Waals surface area contributed by atoms with Crippen LogP contribution in [0, 0.1) is 5.92 Å². The number of hydrogen-bond acceptors (Lipinski definition) is 5. The molecule has 22 heavy (non-hydrogen) atoms. The number of rotatable bonds is 7. The molecule has 120 valence electrons. The summed E-state index contributed by atoms with van der Waals surface area (Å²) in [6, 6.07) is 2.23. The summed E-state index contributed by atoms with van der Waals surface area (Å²) in [5.41, 5.74) is 0. The van der Waals surface area contributed by atoms with Gasteiger partial charge in [0.15, 0.2) is 0 Å². The second-order valence-corrected chi connectivity index (χ2v) is 5.84. The third kappa shape index (κ3) is 4.30. The van der Waals surface area contributed by atoms with Crippen molar-refractivity contribution in [2.24, 2.45) is 5.92 Å². The zero-order valence-electron chi connectivity index (χ0n) is 12.7. The van der Waals surface area contributed by atoms with E-state index in [4.69, 9.17) is 4.74 Å². The number of carbonyl (C=O) groups is 1. The molecule has 1 saturated heterocycles. The number of nitrogens with zero attached hydrogens (tertiary/aromatic N) is 3. The lowest BCUT2D eigenvalue weighted by Crippen LogP contribution is -2.45. The fourth-order valence-electron chi connectivity index (χ4n) is 2.63. The fourth-order valence-corrected chi connectivity index (χ4v) is 2.63. The predicted molar refractivity (Wildman–Crippen MR) is 82.6 cm³/mol. The quantitative estimate of drug-likeness (QED) is 0.738. The van der Waals surface area contributed by atoms with Crippen LogP contribution in [0.15, 0.2) is 18.5 Å². The standard InChI is InChI=1S/C15H23N5O2/c21-15(19-8-7-18-14-16-5-1-6-17-14)20(13-2-3-13)10-12-4-9-22-11-12/h1,5-6,12-13H,2-4,7-11H2,(H,19,21)(H,16,17,18). The van der Waals surface area contributed by atoms with Gasteiger partial charge in [0.1, 0.15) is 0 Å². The van der Waals surface area contributed by atoms with Gasteiger partial charge in [0.2, 0.25) is 5.95 Å². The molecule has 2 fully saturated rings. The van der Waals surface area contributed by atoms with E-state index >= 15 is 0 Å². The Morgan fingerprint density at radius 1 is 1.27 bits per heavy atom. The first-order valence-corrected chi connectivity index (χ1v) is 7.96. The monoisotopic (exact) mass is 305 g/mol. The summed E-state index contributed by atoms with van der Waals surface area (Å²) in [7, 11) is 0. The largest absolute Gasteiger partial charge is 0.381 e. The number of urea groups is 1. The number of carbonyl (C=O) groups excluding carboxylic acids is 1. The maximum atomic E-state index is 12.3. The third-order valence-corrected chi connectivity index (χ3v) is 3.98. The Balaban J connectivity index is 1.39. The molecule has 1 saturated carbocycles. The smallest absolute Gasteiger partial charge is 0.317 e. The summed E-state index contributed by atoms with van der Waals surface area (Å²) in [6.07, 6.45) is 6.68. The fraction of sp³-hybridized carbons (Fsp3) is 0.667. The van der Waals surface area contributed by atoms with E-state index in [0.29, 0.717) is 31.0 Å². The lowest BCUT2D eigenvalue weighted by atomic mass is 10.1. The van der Waals surface area contributed by atoms with Gasteiger partial charge in [-0.3, -0.25) is 0 Å². The molecule has 0 bridgehead atoms. The maximum Gasteiger partial charge on any atom is 0.317 e. The summed E-state index contributed by atoms with van der Waals surface area (Å²) in [5.74, 6) is 1.07. The Labute approximate surface area is 130 Å². The zero-order chi connectivity index (χ0) is 15.2. The van der Waals surface area contributed by atoms with Crippen molar-refractivity contribution in [3.8, 4) is 0 Å². The van der Waals surface area contributed by atoms with Crippen LogP contribution in [-0.2, 0) is 4.74 Å². The van der Waals surface area contributed by atoms with Crippen LogP contribution in [0.2, 0.25) is 0 Å². The highest BCUT2D eigenvalue weighted by molar-refractivity contribution is 5.75. The Hall–Kier alpha value is -1.89. The molecule has 1 atom stereocenters. The van der Waals surface area contributed by atoms with Crippen LogP contribution in [0.25, 0.3) is 0 Å². The first-order chi connectivity index (χ1) is 10.8. The summed E-state index contributed by atoms with van der Waals surface area (Å²) in [6.45, 7) is 3.59. The second-order valence-electron chi connectivity index (χ2n) is 5.84. The van der Waals surface area contributed by atoms with Gasteiger partial charge in [-0.05, 0) is 25.3 Å². The molecule has 2 aliphatic rings. The van der Waals surface area contributed by atoms with E-state index in [1.54, 1.807) is 18.5 Å². The van der Waals surface area contributed by atoms with Gasteiger partial charge < -0.3 is 20.3 Å². The van der Waals surface area contributed by atoms with Crippen molar-refractivity contribution in [1.29, 1.82) is 0 Å². The van der Waals surface area contributed by atoms with Gasteiger partial charge in [0, 0.05) is 50.6 Å². The molecule has 7 nitrogen and oxygen atoms in total. The average molecular weight is 305 g/mol. The minimum atomic E-state index is 0.0326. The van der Waals surface area contributed by atoms with Crippen molar-refractivity contribution in [2.75, 3.05) is 38.2 Å². The van der Waals surface area contributed by atoms with Gasteiger partial charge in [-0.25, -0.2) is 14.8 Å². The van der Waals surface area contributed by atoms with Crippen LogP contribution in [0.5, 0.6) is 0 Å². The van der Waals surface area contributed by atoms with Gasteiger partial charge in [0.25, 0.3) is 0 Å². The Morgan fingerprint density at radius 2 is 2.09 bits per heavy atom. The lowest BCUT2D eigenvalue weighted by Gasteiger charge is -2.25. The summed E-state index contributed by atoms with van der Waals surface area (Å²) in [4.78, 5) is 22.5. The van der Waals surface area contributed by atoms with Crippen molar-refractivity contribution in [2.45, 2.75) is 25.3 Å². The van der Waals surface area contributed by atoms with E-state index in [1.165, 1.54) is 0 Å². The van der Waals surface area contributed by atoms with Gasteiger partial charge in [-0.15, -0.1) is 0 Å². The van der Waals surface area contributed by atoms with E-state index in [-0.39, 0.29) is 6.03 Å². The lowest BCUT2D eigenvalue weighted by molar-refractivity contribution is 0.162. The van der Waals surface area contributed by atoms with E-state index < -0.39 is 0 Å². The summed E-state index contributed by atoms with van der Waals surface area (Å²) >= 11 is 0. The molecule has 0 radical (unpaired) electrons. The molecule has 1 aliphatic carbocycles. The second kappa shape index (κ2) is 7.40. The van der Waals surface area contributed by atoms with E-state index in [9.17, 15) is 4.79 Å². The van der Waals surface area contributed by atoms with Gasteiger partial charge in [-0.2, -0.15) is 0 Å². The predicted octanol–water partition coefficient (Wildman–Crippen LogP) is 1.10. The van der Waals surface area contributed by atoms with Gasteiger partial charge in [-0.1, -0.05) is 0 Å². The number of anilines is 1. The molecule has 2 amide bonds. The molecule has 1 aliphatic heterocycles. The van der Waals surface area contributed by atoms with E-state index in [1.807, 2.05) is 4.90 Å². The van der Waals surface area contributed by atoms with Crippen LogP contribution >= 0.6 is 0 Å². The summed E-state index contributed by atoms with van der Waals surface area (Å²) < 4.78 is 5.40. The normalized spacial score (nSPS) is 20.6. The topological polar surface area (TPSA) is 79.4 Å². The average Bonchev–Trinajstić information content (AvgIpc) is 3.26. The van der Waals surface area contributed by atoms with Crippen molar-refractivity contribution in [3.63, 3.8) is 0 Å². The van der Waals surface area contributed by atoms with Crippen molar-refractivity contribution in [1.82, 2.24) is 20.2 Å². The highest BCUT2D eigenvalue weighted by Gasteiger charge is 2.34. The van der Waals surface area contributed by atoms with Crippen molar-refractivity contribution < 1.29 is 9.53 Å². The molecule has 0 spiro atoms. The molecule has 0 aromatic carbocycles. The molecule has 7 heteroatoms. The number of amides is 2. The molecule has 1 aromatic heterocycles. The molecule has 2 heterocycles. The first-order valence-electron chi connectivity index (χ1n) is 7.96. The van der Waals surface area contributed by atoms with Crippen LogP contribution in [0.1, 0.15) is 19.3 Å². The molecule has 2 N–H and O–H groups in total. The number of hydrogen-bond donors (Lipinski definition) is 2. The Kier molecular flexibility index (Phi) is 5.05. The van der Waals surface area contributed by atoms with Crippen LogP contribution in [0.3, 0.4) is 0 Å². The number of ether oxygens (including phenoxy) is 1. The van der Waals surface area contributed by atoms with E-state index in [2.05, 4.69) is 20.6 Å². The minimum absolute atomic E-state index is 0.0326. The highest BCUT2D eigenvalue weighted by atomic mass is 16.5. The van der Waals surface area contributed by atoms with E-state index in [0.717, 1.165) is 39.0 Å². The Bertz CT molecular complexity index is 474.